The van der Waals surface area contributed by atoms with Crippen LogP contribution in [0.4, 0.5) is 0 Å². The van der Waals surface area contributed by atoms with Crippen LogP contribution in [0.2, 0.25) is 5.02 Å². The molecule has 0 saturated carbocycles. The summed E-state index contributed by atoms with van der Waals surface area (Å²) in [4.78, 5) is 10.9. The fourth-order valence-corrected chi connectivity index (χ4v) is 1.69. The first-order chi connectivity index (χ1) is 7.16. The number of morpholine rings is 1. The molecular formula is C11H12ClNO2. The first-order valence-electron chi connectivity index (χ1n) is 4.81. The van der Waals surface area contributed by atoms with E-state index in [1.807, 2.05) is 25.1 Å². The predicted molar refractivity (Wildman–Crippen MR) is 57.9 cm³/mol. The molecule has 2 rings (SSSR count). The fraction of sp³-hybridized carbons (Fsp3) is 0.364. The molecule has 1 amide bonds. The lowest BCUT2D eigenvalue weighted by Gasteiger charge is -2.23. The van der Waals surface area contributed by atoms with Crippen molar-refractivity contribution in [3.05, 3.63) is 34.3 Å². The summed E-state index contributed by atoms with van der Waals surface area (Å²) in [6.45, 7) is 2.61. The van der Waals surface area contributed by atoms with Crippen LogP contribution in [0.15, 0.2) is 18.2 Å². The molecule has 1 N–H and O–H groups in total. The van der Waals surface area contributed by atoms with Crippen molar-refractivity contribution in [1.82, 2.24) is 5.32 Å². The molecule has 0 bridgehead atoms. The Morgan fingerprint density at radius 2 is 2.33 bits per heavy atom. The molecule has 1 heterocycles. The Morgan fingerprint density at radius 3 is 2.93 bits per heavy atom. The molecule has 0 unspecified atom stereocenters. The standard InChI is InChI=1S/C11H12ClNO2/c1-7-4-8(2-3-9(7)12)10-5-13-11(14)6-15-10/h2-4,10H,5-6H2,1H3,(H,13,14)/t10-/m1/s1. The van der Waals surface area contributed by atoms with Gasteiger partial charge in [0.1, 0.15) is 12.7 Å². The van der Waals surface area contributed by atoms with Crippen LogP contribution in [0.1, 0.15) is 17.2 Å². The van der Waals surface area contributed by atoms with Crippen LogP contribution in [0.25, 0.3) is 0 Å². The summed E-state index contributed by atoms with van der Waals surface area (Å²) in [6, 6.07) is 5.77. The molecular weight excluding hydrogens is 214 g/mol. The van der Waals surface area contributed by atoms with Gasteiger partial charge in [-0.25, -0.2) is 0 Å². The number of aryl methyl sites for hydroxylation is 1. The minimum Gasteiger partial charge on any atom is -0.362 e. The molecule has 4 heteroatoms. The van der Waals surface area contributed by atoms with Crippen molar-refractivity contribution < 1.29 is 9.53 Å². The Hall–Kier alpha value is -1.06. The Kier molecular flexibility index (Phi) is 2.93. The SMILES string of the molecule is Cc1cc([C@H]2CNC(=O)CO2)ccc1Cl. The molecule has 1 aliphatic heterocycles. The van der Waals surface area contributed by atoms with Crippen LogP contribution < -0.4 is 5.32 Å². The van der Waals surface area contributed by atoms with E-state index in [1.165, 1.54) is 0 Å². The lowest BCUT2D eigenvalue weighted by Crippen LogP contribution is -2.38. The summed E-state index contributed by atoms with van der Waals surface area (Å²) in [7, 11) is 0. The quantitative estimate of drug-likeness (QED) is 0.792. The summed E-state index contributed by atoms with van der Waals surface area (Å²) in [5.74, 6) is -0.0584. The van der Waals surface area contributed by atoms with Gasteiger partial charge in [-0.05, 0) is 24.1 Å². The van der Waals surface area contributed by atoms with Gasteiger partial charge in [-0.2, -0.15) is 0 Å². The van der Waals surface area contributed by atoms with Gasteiger partial charge in [0.25, 0.3) is 0 Å². The second-order valence-corrected chi connectivity index (χ2v) is 4.02. The minimum atomic E-state index is -0.0584. The van der Waals surface area contributed by atoms with Gasteiger partial charge in [0.15, 0.2) is 0 Å². The summed E-state index contributed by atoms with van der Waals surface area (Å²) in [6.07, 6.45) is -0.0568. The van der Waals surface area contributed by atoms with Crippen molar-refractivity contribution in [2.24, 2.45) is 0 Å². The number of carbonyl (C=O) groups is 1. The molecule has 1 aromatic carbocycles. The minimum absolute atomic E-state index is 0.0568. The number of hydrogen-bond acceptors (Lipinski definition) is 2. The van der Waals surface area contributed by atoms with Crippen LogP contribution in [0.5, 0.6) is 0 Å². The third-order valence-corrected chi connectivity index (χ3v) is 2.88. The van der Waals surface area contributed by atoms with E-state index in [0.717, 1.165) is 16.1 Å². The number of carbonyl (C=O) groups excluding carboxylic acids is 1. The predicted octanol–water partition coefficient (Wildman–Crippen LogP) is 1.84. The Bertz CT molecular complexity index is 382. The number of rotatable bonds is 1. The van der Waals surface area contributed by atoms with E-state index < -0.39 is 0 Å². The normalized spacial score (nSPS) is 21.2. The number of amides is 1. The highest BCUT2D eigenvalue weighted by atomic mass is 35.5. The van der Waals surface area contributed by atoms with Gasteiger partial charge in [-0.15, -0.1) is 0 Å². The highest BCUT2D eigenvalue weighted by molar-refractivity contribution is 6.31. The van der Waals surface area contributed by atoms with Gasteiger partial charge in [0.2, 0.25) is 5.91 Å². The van der Waals surface area contributed by atoms with Gasteiger partial charge in [-0.1, -0.05) is 23.7 Å². The zero-order valence-corrected chi connectivity index (χ0v) is 9.17. The van der Waals surface area contributed by atoms with Crippen LogP contribution in [-0.2, 0) is 9.53 Å². The molecule has 15 heavy (non-hydrogen) atoms. The average Bonchev–Trinajstić information content (AvgIpc) is 2.23. The van der Waals surface area contributed by atoms with E-state index >= 15 is 0 Å². The maximum atomic E-state index is 10.9. The van der Waals surface area contributed by atoms with Crippen molar-refractivity contribution in [2.45, 2.75) is 13.0 Å². The number of halogens is 1. The first kappa shape index (κ1) is 10.5. The second-order valence-electron chi connectivity index (χ2n) is 3.61. The Balaban J connectivity index is 2.16. The monoisotopic (exact) mass is 225 g/mol. The number of hydrogen-bond donors (Lipinski definition) is 1. The summed E-state index contributed by atoms with van der Waals surface area (Å²) in [5, 5.41) is 3.52. The molecule has 1 atom stereocenters. The molecule has 0 spiro atoms. The van der Waals surface area contributed by atoms with E-state index in [-0.39, 0.29) is 18.6 Å². The van der Waals surface area contributed by atoms with Crippen molar-refractivity contribution in [1.29, 1.82) is 0 Å². The van der Waals surface area contributed by atoms with E-state index in [0.29, 0.717) is 6.54 Å². The molecule has 80 valence electrons. The second kappa shape index (κ2) is 4.21. The van der Waals surface area contributed by atoms with Crippen molar-refractivity contribution in [3.8, 4) is 0 Å². The van der Waals surface area contributed by atoms with Crippen molar-refractivity contribution >= 4 is 17.5 Å². The molecule has 0 radical (unpaired) electrons. The molecule has 1 fully saturated rings. The maximum absolute atomic E-state index is 10.9. The molecule has 1 saturated heterocycles. The van der Waals surface area contributed by atoms with Crippen LogP contribution in [0.3, 0.4) is 0 Å². The summed E-state index contributed by atoms with van der Waals surface area (Å²) < 4.78 is 5.42. The van der Waals surface area contributed by atoms with E-state index in [2.05, 4.69) is 5.32 Å². The number of ether oxygens (including phenoxy) is 1. The largest absolute Gasteiger partial charge is 0.362 e. The van der Waals surface area contributed by atoms with E-state index in [1.54, 1.807) is 0 Å². The lowest BCUT2D eigenvalue weighted by molar-refractivity contribution is -0.133. The molecule has 1 aliphatic rings. The van der Waals surface area contributed by atoms with Gasteiger partial charge in [0.05, 0.1) is 0 Å². The lowest BCUT2D eigenvalue weighted by atomic mass is 10.1. The Labute approximate surface area is 93.4 Å². The van der Waals surface area contributed by atoms with Gasteiger partial charge in [-0.3, -0.25) is 4.79 Å². The van der Waals surface area contributed by atoms with Crippen molar-refractivity contribution in [3.63, 3.8) is 0 Å². The van der Waals surface area contributed by atoms with Crippen LogP contribution in [-0.4, -0.2) is 19.1 Å². The van der Waals surface area contributed by atoms with Crippen LogP contribution >= 0.6 is 11.6 Å². The molecule has 1 aromatic rings. The highest BCUT2D eigenvalue weighted by Gasteiger charge is 2.20. The van der Waals surface area contributed by atoms with Gasteiger partial charge >= 0.3 is 0 Å². The summed E-state index contributed by atoms with van der Waals surface area (Å²) in [5.41, 5.74) is 2.08. The zero-order chi connectivity index (χ0) is 10.8. The van der Waals surface area contributed by atoms with Gasteiger partial charge in [0, 0.05) is 11.6 Å². The number of nitrogens with one attached hydrogen (secondary N) is 1. The molecule has 0 aromatic heterocycles. The maximum Gasteiger partial charge on any atom is 0.246 e. The molecule has 3 nitrogen and oxygen atoms in total. The smallest absolute Gasteiger partial charge is 0.246 e. The zero-order valence-electron chi connectivity index (χ0n) is 8.42. The fourth-order valence-electron chi connectivity index (χ4n) is 1.58. The third-order valence-electron chi connectivity index (χ3n) is 2.45. The van der Waals surface area contributed by atoms with Crippen LogP contribution in [0, 0.1) is 6.92 Å². The average molecular weight is 226 g/mol. The van der Waals surface area contributed by atoms with Crippen molar-refractivity contribution in [2.75, 3.05) is 13.2 Å². The van der Waals surface area contributed by atoms with E-state index in [4.69, 9.17) is 16.3 Å². The Morgan fingerprint density at radius 1 is 1.53 bits per heavy atom. The molecule has 0 aliphatic carbocycles. The third kappa shape index (κ3) is 2.30. The van der Waals surface area contributed by atoms with Gasteiger partial charge < -0.3 is 10.1 Å². The summed E-state index contributed by atoms with van der Waals surface area (Å²) >= 11 is 5.93. The number of benzene rings is 1. The first-order valence-corrected chi connectivity index (χ1v) is 5.19. The van der Waals surface area contributed by atoms with E-state index in [9.17, 15) is 4.79 Å². The highest BCUT2D eigenvalue weighted by Crippen LogP contribution is 2.23. The topological polar surface area (TPSA) is 38.3 Å².